The van der Waals surface area contributed by atoms with Gasteiger partial charge in [-0.05, 0) is 24.6 Å². The van der Waals surface area contributed by atoms with Gasteiger partial charge in [-0.2, -0.15) is 0 Å². The van der Waals surface area contributed by atoms with Gasteiger partial charge < -0.3 is 14.4 Å². The first kappa shape index (κ1) is 19.4. The minimum Gasteiger partial charge on any atom is -0.379 e. The molecule has 7 heteroatoms. The van der Waals surface area contributed by atoms with Crippen LogP contribution in [-0.4, -0.2) is 72.5 Å². The van der Waals surface area contributed by atoms with E-state index >= 15 is 0 Å². The molecular weight excluding hydrogens is 378 g/mol. The Morgan fingerprint density at radius 1 is 0.933 bits per heavy atom. The normalized spacial score (nSPS) is 18.1. The first-order chi connectivity index (χ1) is 14.8. The Hall–Kier alpha value is -2.61. The summed E-state index contributed by atoms with van der Waals surface area (Å²) in [4.78, 5) is 19.3. The van der Waals surface area contributed by atoms with Crippen LogP contribution in [0.3, 0.4) is 0 Å². The molecule has 3 aromatic rings. The van der Waals surface area contributed by atoms with Crippen LogP contribution in [0.1, 0.15) is 11.1 Å². The van der Waals surface area contributed by atoms with Crippen LogP contribution in [0.15, 0.2) is 36.5 Å². The summed E-state index contributed by atoms with van der Waals surface area (Å²) in [5, 5.41) is 0. The summed E-state index contributed by atoms with van der Waals surface area (Å²) in [7, 11) is 0. The summed E-state index contributed by atoms with van der Waals surface area (Å²) in [6.45, 7) is 9.50. The van der Waals surface area contributed by atoms with Crippen molar-refractivity contribution >= 4 is 16.9 Å². The molecule has 4 heterocycles. The van der Waals surface area contributed by atoms with Gasteiger partial charge in [0.05, 0.1) is 31.9 Å². The average Bonchev–Trinajstić information content (AvgIpc) is 2.79. The molecule has 2 fully saturated rings. The van der Waals surface area contributed by atoms with E-state index in [4.69, 9.17) is 24.4 Å². The zero-order valence-electron chi connectivity index (χ0n) is 17.4. The molecule has 7 nitrogen and oxygen atoms in total. The van der Waals surface area contributed by atoms with E-state index in [1.165, 1.54) is 11.1 Å². The maximum atomic E-state index is 5.55. The van der Waals surface area contributed by atoms with Crippen molar-refractivity contribution < 1.29 is 9.47 Å². The van der Waals surface area contributed by atoms with Crippen LogP contribution < -0.4 is 4.90 Å². The largest absolute Gasteiger partial charge is 0.379 e. The van der Waals surface area contributed by atoms with Gasteiger partial charge in [0.2, 0.25) is 0 Å². The van der Waals surface area contributed by atoms with Gasteiger partial charge in [0.25, 0.3) is 0 Å². The van der Waals surface area contributed by atoms with Gasteiger partial charge in [-0.25, -0.2) is 9.97 Å². The Kier molecular flexibility index (Phi) is 5.57. The van der Waals surface area contributed by atoms with Gasteiger partial charge in [-0.15, -0.1) is 0 Å². The Morgan fingerprint density at radius 2 is 1.70 bits per heavy atom. The summed E-state index contributed by atoms with van der Waals surface area (Å²) >= 11 is 0. The third kappa shape index (κ3) is 4.14. The van der Waals surface area contributed by atoms with Gasteiger partial charge in [0, 0.05) is 44.5 Å². The number of fused-ring (bicyclic) bond motifs is 1. The molecule has 0 unspecified atom stereocenters. The number of morpholine rings is 2. The first-order valence-corrected chi connectivity index (χ1v) is 10.6. The predicted octanol–water partition coefficient (Wildman–Crippen LogP) is 2.67. The lowest BCUT2D eigenvalue weighted by Crippen LogP contribution is -2.37. The standard InChI is InChI=1S/C23H27N5O2/c1-17-3-2-4-19(13-17)22-25-20-14-18(16-27-5-9-29-10-6-27)15-24-21(20)23(26-22)28-7-11-30-12-8-28/h2-4,13-15H,5-12,16H2,1H3. The molecular formula is C23H27N5O2. The zero-order valence-corrected chi connectivity index (χ0v) is 17.4. The molecule has 2 aliphatic rings. The Bertz CT molecular complexity index is 1030. The van der Waals surface area contributed by atoms with Gasteiger partial charge in [0.1, 0.15) is 5.52 Å². The first-order valence-electron chi connectivity index (χ1n) is 10.6. The lowest BCUT2D eigenvalue weighted by atomic mass is 10.1. The van der Waals surface area contributed by atoms with Crippen LogP contribution >= 0.6 is 0 Å². The summed E-state index contributed by atoms with van der Waals surface area (Å²) < 4.78 is 11.0. The maximum absolute atomic E-state index is 5.55. The van der Waals surface area contributed by atoms with Gasteiger partial charge in [-0.3, -0.25) is 9.88 Å². The molecule has 30 heavy (non-hydrogen) atoms. The second-order valence-electron chi connectivity index (χ2n) is 7.94. The number of benzene rings is 1. The van der Waals surface area contributed by atoms with E-state index < -0.39 is 0 Å². The molecule has 2 aromatic heterocycles. The molecule has 2 saturated heterocycles. The monoisotopic (exact) mass is 405 g/mol. The SMILES string of the molecule is Cc1cccc(-c2nc(N3CCOCC3)c3ncc(CN4CCOCC4)cc3n2)c1. The Balaban J connectivity index is 1.57. The molecule has 0 amide bonds. The molecule has 0 aliphatic carbocycles. The van der Waals surface area contributed by atoms with Crippen molar-refractivity contribution in [2.75, 3.05) is 57.5 Å². The van der Waals surface area contributed by atoms with Crippen molar-refractivity contribution in [2.45, 2.75) is 13.5 Å². The van der Waals surface area contributed by atoms with E-state index in [0.717, 1.165) is 74.2 Å². The second-order valence-corrected chi connectivity index (χ2v) is 7.94. The topological polar surface area (TPSA) is 63.6 Å². The smallest absolute Gasteiger partial charge is 0.162 e. The fourth-order valence-electron chi connectivity index (χ4n) is 4.06. The van der Waals surface area contributed by atoms with Crippen molar-refractivity contribution in [1.29, 1.82) is 0 Å². The van der Waals surface area contributed by atoms with Crippen molar-refractivity contribution in [3.05, 3.63) is 47.7 Å². The number of hydrogen-bond acceptors (Lipinski definition) is 7. The fraction of sp³-hybridized carbons (Fsp3) is 0.435. The summed E-state index contributed by atoms with van der Waals surface area (Å²) in [5.74, 6) is 1.65. The van der Waals surface area contributed by atoms with E-state index in [9.17, 15) is 0 Å². The minimum atomic E-state index is 0.709. The van der Waals surface area contributed by atoms with Crippen LogP contribution in [0.4, 0.5) is 5.82 Å². The molecule has 156 valence electrons. The average molecular weight is 406 g/mol. The Morgan fingerprint density at radius 3 is 2.47 bits per heavy atom. The van der Waals surface area contributed by atoms with Crippen LogP contribution in [0.25, 0.3) is 22.4 Å². The van der Waals surface area contributed by atoms with E-state index in [-0.39, 0.29) is 0 Å². The van der Waals surface area contributed by atoms with Gasteiger partial charge >= 0.3 is 0 Å². The van der Waals surface area contributed by atoms with Crippen molar-refractivity contribution in [3.63, 3.8) is 0 Å². The highest BCUT2D eigenvalue weighted by molar-refractivity contribution is 5.88. The number of hydrogen-bond donors (Lipinski definition) is 0. The number of pyridine rings is 1. The van der Waals surface area contributed by atoms with Crippen LogP contribution in [0.5, 0.6) is 0 Å². The minimum absolute atomic E-state index is 0.709. The third-order valence-electron chi connectivity index (χ3n) is 5.67. The number of ether oxygens (including phenoxy) is 2. The van der Waals surface area contributed by atoms with Crippen molar-refractivity contribution in [2.24, 2.45) is 0 Å². The summed E-state index contributed by atoms with van der Waals surface area (Å²) in [5.41, 5.74) is 5.16. The third-order valence-corrected chi connectivity index (χ3v) is 5.67. The highest BCUT2D eigenvalue weighted by Crippen LogP contribution is 2.28. The molecule has 5 rings (SSSR count). The van der Waals surface area contributed by atoms with Crippen molar-refractivity contribution in [3.8, 4) is 11.4 Å². The molecule has 0 spiro atoms. The molecule has 1 aromatic carbocycles. The van der Waals surface area contributed by atoms with E-state index in [2.05, 4.69) is 47.1 Å². The highest BCUT2D eigenvalue weighted by Gasteiger charge is 2.20. The van der Waals surface area contributed by atoms with Crippen LogP contribution in [-0.2, 0) is 16.0 Å². The molecule has 0 saturated carbocycles. The number of anilines is 1. The lowest BCUT2D eigenvalue weighted by Gasteiger charge is -2.29. The van der Waals surface area contributed by atoms with E-state index in [1.54, 1.807) is 0 Å². The number of aromatic nitrogens is 3. The van der Waals surface area contributed by atoms with Crippen LogP contribution in [0, 0.1) is 6.92 Å². The van der Waals surface area contributed by atoms with Crippen LogP contribution in [0.2, 0.25) is 0 Å². The number of nitrogens with zero attached hydrogens (tertiary/aromatic N) is 5. The summed E-state index contributed by atoms with van der Waals surface area (Å²) in [6, 6.07) is 10.5. The molecule has 0 atom stereocenters. The van der Waals surface area contributed by atoms with Gasteiger partial charge in [-0.1, -0.05) is 23.8 Å². The zero-order chi connectivity index (χ0) is 20.3. The fourth-order valence-corrected chi connectivity index (χ4v) is 4.06. The second kappa shape index (κ2) is 8.63. The quantitative estimate of drug-likeness (QED) is 0.661. The number of rotatable bonds is 4. The Labute approximate surface area is 176 Å². The molecule has 0 bridgehead atoms. The number of aryl methyl sites for hydroxylation is 1. The van der Waals surface area contributed by atoms with E-state index in [0.29, 0.717) is 13.2 Å². The van der Waals surface area contributed by atoms with E-state index in [1.807, 2.05) is 6.20 Å². The molecule has 0 radical (unpaired) electrons. The van der Waals surface area contributed by atoms with Gasteiger partial charge in [0.15, 0.2) is 11.6 Å². The summed E-state index contributed by atoms with van der Waals surface area (Å²) in [6.07, 6.45) is 1.97. The highest BCUT2D eigenvalue weighted by atomic mass is 16.5. The van der Waals surface area contributed by atoms with Crippen molar-refractivity contribution in [1.82, 2.24) is 19.9 Å². The lowest BCUT2D eigenvalue weighted by molar-refractivity contribution is 0.0341. The maximum Gasteiger partial charge on any atom is 0.162 e. The molecule has 2 aliphatic heterocycles. The predicted molar refractivity (Wildman–Crippen MR) is 117 cm³/mol. The molecule has 0 N–H and O–H groups in total.